The van der Waals surface area contributed by atoms with Gasteiger partial charge in [0.25, 0.3) is 5.91 Å². The zero-order chi connectivity index (χ0) is 12.1. The maximum absolute atomic E-state index is 11.7. The van der Waals surface area contributed by atoms with E-state index in [1.807, 2.05) is 6.07 Å². The molecule has 5 heteroatoms. The lowest BCUT2D eigenvalue weighted by Gasteiger charge is -2.07. The summed E-state index contributed by atoms with van der Waals surface area (Å²) in [6.45, 7) is 2.12. The highest BCUT2D eigenvalue weighted by Gasteiger charge is 2.08. The van der Waals surface area contributed by atoms with Crippen LogP contribution in [0.5, 0.6) is 0 Å². The number of hydrogen-bond acceptors (Lipinski definition) is 2. The molecule has 0 fully saturated rings. The molecule has 0 spiro atoms. The lowest BCUT2D eigenvalue weighted by Crippen LogP contribution is -2.27. The molecule has 0 radical (unpaired) electrons. The van der Waals surface area contributed by atoms with Gasteiger partial charge in [0, 0.05) is 21.1 Å². The summed E-state index contributed by atoms with van der Waals surface area (Å²) in [6.07, 6.45) is 0. The molecule has 1 aromatic carbocycles. The second-order valence-electron chi connectivity index (χ2n) is 3.40. The Balaban J connectivity index is 2.70. The first-order chi connectivity index (χ1) is 7.52. The van der Waals surface area contributed by atoms with Crippen LogP contribution in [0.15, 0.2) is 27.1 Å². The van der Waals surface area contributed by atoms with Gasteiger partial charge in [0.05, 0.1) is 12.0 Å². The van der Waals surface area contributed by atoms with E-state index in [1.165, 1.54) is 0 Å². The molecule has 1 aromatic rings. The van der Waals surface area contributed by atoms with Crippen LogP contribution in [0.4, 0.5) is 0 Å². The van der Waals surface area contributed by atoms with E-state index in [9.17, 15) is 4.79 Å². The number of benzene rings is 1. The van der Waals surface area contributed by atoms with Gasteiger partial charge in [0.15, 0.2) is 0 Å². The van der Waals surface area contributed by atoms with E-state index < -0.39 is 0 Å². The molecule has 0 heterocycles. The van der Waals surface area contributed by atoms with Crippen LogP contribution in [-0.4, -0.2) is 12.5 Å². The van der Waals surface area contributed by atoms with Crippen molar-refractivity contribution in [3.63, 3.8) is 0 Å². The fraction of sp³-hybridized carbons (Fsp3) is 0.273. The molecule has 0 saturated carbocycles. The van der Waals surface area contributed by atoms with Gasteiger partial charge in [-0.1, -0.05) is 31.9 Å². The van der Waals surface area contributed by atoms with Crippen LogP contribution in [0, 0.1) is 17.2 Å². The summed E-state index contributed by atoms with van der Waals surface area (Å²) in [7, 11) is 0. The van der Waals surface area contributed by atoms with Crippen molar-refractivity contribution in [1.82, 2.24) is 5.32 Å². The molecule has 84 valence electrons. The Kier molecular flexibility index (Phi) is 4.97. The first-order valence-electron chi connectivity index (χ1n) is 4.67. The molecule has 1 atom stereocenters. The molecular weight excluding hydrogens is 336 g/mol. The zero-order valence-corrected chi connectivity index (χ0v) is 11.8. The molecule has 1 unspecified atom stereocenters. The number of nitrogens with zero attached hydrogens (tertiary/aromatic N) is 1. The summed E-state index contributed by atoms with van der Waals surface area (Å²) >= 11 is 6.63. The number of carbonyl (C=O) groups is 1. The molecule has 0 aliphatic rings. The molecular formula is C11H10Br2N2O. The van der Waals surface area contributed by atoms with E-state index in [0.717, 1.165) is 8.95 Å². The first kappa shape index (κ1) is 13.2. The van der Waals surface area contributed by atoms with Crippen LogP contribution < -0.4 is 5.32 Å². The van der Waals surface area contributed by atoms with Crippen molar-refractivity contribution in [3.05, 3.63) is 32.7 Å². The Bertz CT molecular complexity index is 420. The van der Waals surface area contributed by atoms with Crippen LogP contribution in [0.3, 0.4) is 0 Å². The van der Waals surface area contributed by atoms with Gasteiger partial charge in [-0.05, 0) is 25.1 Å². The molecule has 0 saturated heterocycles. The van der Waals surface area contributed by atoms with Crippen molar-refractivity contribution in [2.75, 3.05) is 6.54 Å². The Morgan fingerprint density at radius 1 is 1.44 bits per heavy atom. The van der Waals surface area contributed by atoms with Crippen molar-refractivity contribution >= 4 is 37.8 Å². The van der Waals surface area contributed by atoms with Gasteiger partial charge in [-0.15, -0.1) is 0 Å². The lowest BCUT2D eigenvalue weighted by atomic mass is 10.2. The fourth-order valence-corrected chi connectivity index (χ4v) is 2.37. The minimum atomic E-state index is -0.181. The fourth-order valence-electron chi connectivity index (χ4n) is 1.08. The zero-order valence-electron chi connectivity index (χ0n) is 8.63. The molecule has 0 bridgehead atoms. The van der Waals surface area contributed by atoms with Gasteiger partial charge in [-0.2, -0.15) is 5.26 Å². The van der Waals surface area contributed by atoms with Gasteiger partial charge in [-0.3, -0.25) is 4.79 Å². The number of carbonyl (C=O) groups excluding carboxylic acids is 1. The van der Waals surface area contributed by atoms with Crippen molar-refractivity contribution < 1.29 is 4.79 Å². The first-order valence-corrected chi connectivity index (χ1v) is 6.25. The molecule has 1 rings (SSSR count). The van der Waals surface area contributed by atoms with Crippen LogP contribution >= 0.6 is 31.9 Å². The summed E-state index contributed by atoms with van der Waals surface area (Å²) in [5.41, 5.74) is 0.561. The predicted molar refractivity (Wildman–Crippen MR) is 69.0 cm³/mol. The van der Waals surface area contributed by atoms with E-state index in [4.69, 9.17) is 5.26 Å². The summed E-state index contributed by atoms with van der Waals surface area (Å²) in [5.74, 6) is -0.358. The Morgan fingerprint density at radius 2 is 2.00 bits per heavy atom. The minimum absolute atomic E-state index is 0.177. The standard InChI is InChI=1S/C11H10Br2N2O/c1-7(5-14)6-15-11(16)8-2-9(12)4-10(13)3-8/h2-4,7H,6H2,1H3,(H,15,16). The maximum atomic E-state index is 11.7. The number of rotatable bonds is 3. The van der Waals surface area contributed by atoms with E-state index >= 15 is 0 Å². The highest BCUT2D eigenvalue weighted by molar-refractivity contribution is 9.11. The SMILES string of the molecule is CC(C#N)CNC(=O)c1cc(Br)cc(Br)c1. The van der Waals surface area contributed by atoms with E-state index in [-0.39, 0.29) is 11.8 Å². The Hall–Kier alpha value is -0.860. The quantitative estimate of drug-likeness (QED) is 0.915. The highest BCUT2D eigenvalue weighted by Crippen LogP contribution is 2.19. The van der Waals surface area contributed by atoms with Gasteiger partial charge in [0.2, 0.25) is 0 Å². The monoisotopic (exact) mass is 344 g/mol. The van der Waals surface area contributed by atoms with E-state index in [1.54, 1.807) is 19.1 Å². The normalized spacial score (nSPS) is 11.6. The molecule has 3 nitrogen and oxygen atoms in total. The number of amides is 1. The van der Waals surface area contributed by atoms with E-state index in [2.05, 4.69) is 43.2 Å². The molecule has 1 N–H and O–H groups in total. The number of nitriles is 1. The summed E-state index contributed by atoms with van der Waals surface area (Å²) in [5, 5.41) is 11.3. The summed E-state index contributed by atoms with van der Waals surface area (Å²) < 4.78 is 1.67. The summed E-state index contributed by atoms with van der Waals surface area (Å²) in [4.78, 5) is 11.7. The molecule has 1 amide bonds. The van der Waals surface area contributed by atoms with Crippen molar-refractivity contribution in [3.8, 4) is 6.07 Å². The smallest absolute Gasteiger partial charge is 0.251 e. The molecule has 0 aromatic heterocycles. The molecule has 0 aliphatic heterocycles. The second-order valence-corrected chi connectivity index (χ2v) is 5.23. The topological polar surface area (TPSA) is 52.9 Å². The van der Waals surface area contributed by atoms with Gasteiger partial charge in [-0.25, -0.2) is 0 Å². The largest absolute Gasteiger partial charge is 0.351 e. The second kappa shape index (κ2) is 6.02. The lowest BCUT2D eigenvalue weighted by molar-refractivity contribution is 0.0950. The van der Waals surface area contributed by atoms with Crippen molar-refractivity contribution in [2.24, 2.45) is 5.92 Å². The number of nitrogens with one attached hydrogen (secondary N) is 1. The Morgan fingerprint density at radius 3 is 2.50 bits per heavy atom. The van der Waals surface area contributed by atoms with Crippen LogP contribution in [0.1, 0.15) is 17.3 Å². The average molecular weight is 346 g/mol. The summed E-state index contributed by atoms with van der Waals surface area (Å²) in [6, 6.07) is 7.38. The minimum Gasteiger partial charge on any atom is -0.351 e. The predicted octanol–water partition coefficient (Wildman–Crippen LogP) is 3.10. The van der Waals surface area contributed by atoms with Crippen LogP contribution in [-0.2, 0) is 0 Å². The molecule has 16 heavy (non-hydrogen) atoms. The third kappa shape index (κ3) is 3.95. The van der Waals surface area contributed by atoms with Crippen LogP contribution in [0.2, 0.25) is 0 Å². The third-order valence-corrected chi connectivity index (χ3v) is 2.83. The van der Waals surface area contributed by atoms with Crippen LogP contribution in [0.25, 0.3) is 0 Å². The van der Waals surface area contributed by atoms with Gasteiger partial charge < -0.3 is 5.32 Å². The maximum Gasteiger partial charge on any atom is 0.251 e. The Labute approximate surface area is 111 Å². The van der Waals surface area contributed by atoms with Crippen molar-refractivity contribution in [2.45, 2.75) is 6.92 Å². The average Bonchev–Trinajstić information content (AvgIpc) is 2.23. The number of hydrogen-bond donors (Lipinski definition) is 1. The number of halogens is 2. The van der Waals surface area contributed by atoms with Gasteiger partial charge >= 0.3 is 0 Å². The molecule has 0 aliphatic carbocycles. The highest BCUT2D eigenvalue weighted by atomic mass is 79.9. The van der Waals surface area contributed by atoms with E-state index in [0.29, 0.717) is 12.1 Å². The third-order valence-electron chi connectivity index (χ3n) is 1.91. The van der Waals surface area contributed by atoms with Gasteiger partial charge in [0.1, 0.15) is 0 Å². The van der Waals surface area contributed by atoms with Crippen molar-refractivity contribution in [1.29, 1.82) is 5.26 Å².